The summed E-state index contributed by atoms with van der Waals surface area (Å²) in [7, 11) is 2.87. The van der Waals surface area contributed by atoms with Crippen molar-refractivity contribution in [2.24, 2.45) is 11.8 Å². The molecule has 3 rings (SSSR count). The summed E-state index contributed by atoms with van der Waals surface area (Å²) in [4.78, 5) is 149. The van der Waals surface area contributed by atoms with Gasteiger partial charge in [0.15, 0.2) is 0 Å². The van der Waals surface area contributed by atoms with Gasteiger partial charge in [-0.25, -0.2) is 9.59 Å². The number of rotatable bonds is 24. The van der Waals surface area contributed by atoms with Crippen molar-refractivity contribution in [3.63, 3.8) is 0 Å². The lowest BCUT2D eigenvalue weighted by Crippen LogP contribution is -2.36. The van der Waals surface area contributed by atoms with E-state index in [0.717, 1.165) is 30.1 Å². The Labute approximate surface area is 354 Å². The van der Waals surface area contributed by atoms with Crippen LogP contribution in [-0.2, 0) is 71.9 Å². The topological polar surface area (TPSA) is 258 Å². The van der Waals surface area contributed by atoms with Gasteiger partial charge < -0.3 is 29.4 Å². The summed E-state index contributed by atoms with van der Waals surface area (Å²) in [5.74, 6) is -3.90. The fraction of sp³-hybridized carbons (Fsp3) is 0.610. The number of nitrogens with one attached hydrogen (secondary N) is 1. The van der Waals surface area contributed by atoms with Crippen molar-refractivity contribution < 1.29 is 71.9 Å². The molecule has 2 aliphatic heterocycles. The van der Waals surface area contributed by atoms with Crippen LogP contribution in [0.2, 0.25) is 0 Å². The fourth-order valence-electron chi connectivity index (χ4n) is 6.20. The fourth-order valence-corrected chi connectivity index (χ4v) is 6.20. The van der Waals surface area contributed by atoms with Gasteiger partial charge in [-0.3, -0.25) is 48.1 Å². The normalized spacial score (nSPS) is 17.1. The number of hydrogen-bond acceptors (Lipinski definition) is 15. The highest BCUT2D eigenvalue weighted by atomic mass is 16.7. The molecule has 0 radical (unpaired) electrons. The van der Waals surface area contributed by atoms with Gasteiger partial charge in [0, 0.05) is 96.9 Å². The molecule has 2 fully saturated rings. The molecule has 0 aromatic rings. The van der Waals surface area contributed by atoms with E-state index in [4.69, 9.17) is 14.4 Å². The molecule has 1 saturated carbocycles. The minimum atomic E-state index is -0.635. The molecule has 7 amide bonds. The minimum absolute atomic E-state index is 0.00439. The highest BCUT2D eigenvalue weighted by Gasteiger charge is 2.33. The number of allylic oxidation sites excluding steroid dienone is 1. The molecule has 336 valence electrons. The highest BCUT2D eigenvalue weighted by molar-refractivity contribution is 6.12. The van der Waals surface area contributed by atoms with E-state index in [9.17, 15) is 57.5 Å². The molecular weight excluding hydrogens is 802 g/mol. The number of ether oxygens (including phenoxy) is 1. The Morgan fingerprint density at radius 3 is 2.03 bits per heavy atom. The quantitative estimate of drug-likeness (QED) is 0.0361. The third kappa shape index (κ3) is 20.2. The Morgan fingerprint density at radius 2 is 1.41 bits per heavy atom. The molecule has 2 heterocycles. The number of unbranched alkanes of at least 4 members (excludes halogenated alkanes) is 4. The lowest BCUT2D eigenvalue weighted by molar-refractivity contribution is -0.197. The van der Waals surface area contributed by atoms with Crippen molar-refractivity contribution in [1.82, 2.24) is 25.2 Å². The van der Waals surface area contributed by atoms with Crippen molar-refractivity contribution in [1.29, 1.82) is 0 Å². The summed E-state index contributed by atoms with van der Waals surface area (Å²) < 4.78 is 5.36. The van der Waals surface area contributed by atoms with Gasteiger partial charge in [0.1, 0.15) is 12.6 Å². The first-order valence-corrected chi connectivity index (χ1v) is 20.5. The minimum Gasteiger partial charge on any atom is -0.465 e. The van der Waals surface area contributed by atoms with Crippen LogP contribution >= 0.6 is 0 Å². The molecule has 0 spiro atoms. The lowest BCUT2D eigenvalue weighted by atomic mass is 9.82. The zero-order chi connectivity index (χ0) is 45.2. The highest BCUT2D eigenvalue weighted by Crippen LogP contribution is 2.31. The molecule has 1 saturated heterocycles. The van der Waals surface area contributed by atoms with E-state index in [-0.39, 0.29) is 99.5 Å². The summed E-state index contributed by atoms with van der Waals surface area (Å²) in [5, 5.41) is 4.09. The molecule has 20 heteroatoms. The summed E-state index contributed by atoms with van der Waals surface area (Å²) >= 11 is 0. The average molecular weight is 860 g/mol. The zero-order valence-corrected chi connectivity index (χ0v) is 34.9. The number of hydrogen-bond donors (Lipinski definition) is 1. The molecule has 0 atom stereocenters. The van der Waals surface area contributed by atoms with Crippen molar-refractivity contribution in [2.45, 2.75) is 109 Å². The van der Waals surface area contributed by atoms with Gasteiger partial charge in [-0.2, -0.15) is 5.06 Å². The van der Waals surface area contributed by atoms with Crippen LogP contribution in [0.4, 0.5) is 0 Å². The van der Waals surface area contributed by atoms with Crippen LogP contribution in [0.1, 0.15) is 109 Å². The lowest BCUT2D eigenvalue weighted by Gasteiger charge is -2.29. The van der Waals surface area contributed by atoms with Gasteiger partial charge in [-0.1, -0.05) is 6.42 Å². The molecule has 20 nitrogen and oxygen atoms in total. The molecule has 3 aliphatic rings. The van der Waals surface area contributed by atoms with E-state index >= 15 is 0 Å². The summed E-state index contributed by atoms with van der Waals surface area (Å²) in [6.45, 7) is 1.34. The maximum absolute atomic E-state index is 12.3. The van der Waals surface area contributed by atoms with E-state index in [1.54, 1.807) is 0 Å². The standard InChI is InChI=1S/C23H32N2O8.C18H25N3O7/c1-24(19(27)6-5-14-26)33-22(30)7-3-2-4-15-32-23(31)18-10-8-17(9-11-18)16-25-20(28)12-13-21(25)29;1-20(15(24)6-5-13-22)12-10-14(23)19-11-4-2-3-7-18(27)28-21-16(25)8-9-17(21)26/h12-14,17-18H,2-11,15-16H2,1H3;5-6,13H,2-4,7-12H2,1H3,(H,19,23)/b;6-5-. The zero-order valence-electron chi connectivity index (χ0n) is 34.9. The second-order valence-electron chi connectivity index (χ2n) is 14.6. The number of aldehydes is 2. The predicted octanol–water partition coefficient (Wildman–Crippen LogP) is 1.59. The molecular formula is C41H57N5O15. The van der Waals surface area contributed by atoms with Gasteiger partial charge in [0.2, 0.25) is 11.8 Å². The summed E-state index contributed by atoms with van der Waals surface area (Å²) in [6.07, 6.45) is 13.0. The van der Waals surface area contributed by atoms with E-state index < -0.39 is 29.7 Å². The van der Waals surface area contributed by atoms with Gasteiger partial charge in [-0.15, -0.1) is 5.06 Å². The first kappa shape index (κ1) is 51.1. The smallest absolute Gasteiger partial charge is 0.333 e. The van der Waals surface area contributed by atoms with E-state index in [0.29, 0.717) is 82.1 Å². The Hall–Kier alpha value is -6.08. The number of amides is 7. The van der Waals surface area contributed by atoms with Crippen molar-refractivity contribution >= 4 is 71.8 Å². The largest absolute Gasteiger partial charge is 0.465 e. The van der Waals surface area contributed by atoms with Crippen LogP contribution in [0.25, 0.3) is 0 Å². The van der Waals surface area contributed by atoms with Crippen LogP contribution in [0, 0.1) is 11.8 Å². The second-order valence-corrected chi connectivity index (χ2v) is 14.6. The monoisotopic (exact) mass is 859 g/mol. The second kappa shape index (κ2) is 28.4. The number of likely N-dealkylation sites (N-methyl/N-ethyl adjacent to an activating group) is 1. The molecule has 1 aliphatic carbocycles. The van der Waals surface area contributed by atoms with Crippen LogP contribution in [-0.4, -0.2) is 132 Å². The van der Waals surface area contributed by atoms with Crippen LogP contribution in [0.15, 0.2) is 24.3 Å². The third-order valence-electron chi connectivity index (χ3n) is 9.80. The maximum Gasteiger partial charge on any atom is 0.333 e. The first-order chi connectivity index (χ1) is 29.2. The SMILES string of the molecule is CN(CCC(=O)NCCCCCC(=O)ON1C(=O)CCC1=O)C(=O)/C=C\C=O.CN(OC(=O)CCCCCOC(=O)C1CCC(CN2C(=O)C=CC2=O)CC1)C(=O)CCC=O. The van der Waals surface area contributed by atoms with Crippen LogP contribution in [0.3, 0.4) is 0 Å². The molecule has 0 aromatic heterocycles. The molecule has 0 unspecified atom stereocenters. The molecule has 61 heavy (non-hydrogen) atoms. The Balaban J connectivity index is 0.000000426. The van der Waals surface area contributed by atoms with Gasteiger partial charge in [0.05, 0.1) is 12.5 Å². The van der Waals surface area contributed by atoms with Crippen molar-refractivity contribution in [3.05, 3.63) is 24.3 Å². The summed E-state index contributed by atoms with van der Waals surface area (Å²) in [6, 6.07) is 0. The number of carbonyl (C=O) groups excluding carboxylic acids is 12. The van der Waals surface area contributed by atoms with E-state index in [2.05, 4.69) is 5.32 Å². The van der Waals surface area contributed by atoms with Crippen molar-refractivity contribution in [2.75, 3.05) is 40.3 Å². The average Bonchev–Trinajstić information content (AvgIpc) is 3.73. The molecule has 0 bridgehead atoms. The number of esters is 1. The van der Waals surface area contributed by atoms with Crippen molar-refractivity contribution in [3.8, 4) is 0 Å². The Morgan fingerprint density at radius 1 is 0.787 bits per heavy atom. The van der Waals surface area contributed by atoms with Crippen LogP contribution in [0.5, 0.6) is 0 Å². The van der Waals surface area contributed by atoms with Gasteiger partial charge >= 0.3 is 17.9 Å². The third-order valence-corrected chi connectivity index (χ3v) is 9.80. The summed E-state index contributed by atoms with van der Waals surface area (Å²) in [5.41, 5.74) is 0. The Bertz CT molecular complexity index is 1620. The number of imide groups is 2. The van der Waals surface area contributed by atoms with E-state index in [1.165, 1.54) is 36.0 Å². The number of hydroxylamine groups is 4. The molecule has 0 aromatic carbocycles. The Kier molecular flexibility index (Phi) is 23.8. The molecule has 1 N–H and O–H groups in total. The number of nitrogens with zero attached hydrogens (tertiary/aromatic N) is 4. The van der Waals surface area contributed by atoms with E-state index in [1.807, 2.05) is 0 Å². The van der Waals surface area contributed by atoms with Crippen LogP contribution < -0.4 is 5.32 Å². The number of carbonyl (C=O) groups is 12. The first-order valence-electron chi connectivity index (χ1n) is 20.5. The predicted molar refractivity (Wildman–Crippen MR) is 211 cm³/mol. The van der Waals surface area contributed by atoms with Gasteiger partial charge in [-0.05, 0) is 69.8 Å². The van der Waals surface area contributed by atoms with Gasteiger partial charge in [0.25, 0.3) is 29.5 Å². The maximum atomic E-state index is 12.3.